The van der Waals surface area contributed by atoms with E-state index < -0.39 is 23.5 Å². The SMILES string of the molecule is CCCC(CCC)Oc1ccc(C(F)(F)F)cc1OCOC.Cc1ccc(C(F)(F)F)cn1. The molecule has 0 spiro atoms. The third-order valence-electron chi connectivity index (χ3n) is 4.36. The Morgan fingerprint density at radius 3 is 1.88 bits per heavy atom. The van der Waals surface area contributed by atoms with Crippen LogP contribution in [-0.2, 0) is 17.1 Å². The minimum absolute atomic E-state index is 0.0309. The van der Waals surface area contributed by atoms with E-state index in [-0.39, 0.29) is 18.6 Å². The molecule has 0 aliphatic carbocycles. The number of methoxy groups -OCH3 is 1. The van der Waals surface area contributed by atoms with Gasteiger partial charge in [-0.2, -0.15) is 26.3 Å². The minimum Gasteiger partial charge on any atom is -0.487 e. The van der Waals surface area contributed by atoms with Gasteiger partial charge in [0.25, 0.3) is 0 Å². The summed E-state index contributed by atoms with van der Waals surface area (Å²) in [4.78, 5) is 3.53. The molecule has 10 heteroatoms. The average molecular weight is 481 g/mol. The monoisotopic (exact) mass is 481 g/mol. The third kappa shape index (κ3) is 10.3. The van der Waals surface area contributed by atoms with Crippen molar-refractivity contribution in [2.45, 2.75) is 64.9 Å². The first-order chi connectivity index (χ1) is 15.4. The molecule has 0 saturated carbocycles. The number of rotatable bonds is 9. The van der Waals surface area contributed by atoms with Crippen LogP contribution in [0, 0.1) is 6.92 Å². The molecule has 0 N–H and O–H groups in total. The van der Waals surface area contributed by atoms with Gasteiger partial charge in [0.05, 0.1) is 17.2 Å². The number of alkyl halides is 6. The van der Waals surface area contributed by atoms with Crippen molar-refractivity contribution in [1.82, 2.24) is 4.98 Å². The molecule has 0 amide bonds. The number of pyridine rings is 1. The van der Waals surface area contributed by atoms with Gasteiger partial charge in [-0.25, -0.2) is 0 Å². The maximum Gasteiger partial charge on any atom is 0.417 e. The molecule has 1 heterocycles. The molecule has 1 aromatic carbocycles. The lowest BCUT2D eigenvalue weighted by molar-refractivity contribution is -0.138. The lowest BCUT2D eigenvalue weighted by atomic mass is 10.1. The van der Waals surface area contributed by atoms with Gasteiger partial charge < -0.3 is 14.2 Å². The molecule has 0 fully saturated rings. The van der Waals surface area contributed by atoms with Crippen molar-refractivity contribution in [3.8, 4) is 11.5 Å². The molecule has 0 radical (unpaired) electrons. The number of nitrogens with zero attached hydrogens (tertiary/aromatic N) is 1. The molecule has 0 unspecified atom stereocenters. The second-order valence-electron chi connectivity index (χ2n) is 7.21. The van der Waals surface area contributed by atoms with E-state index in [2.05, 4.69) is 4.98 Å². The number of aromatic nitrogens is 1. The lowest BCUT2D eigenvalue weighted by Crippen LogP contribution is -2.17. The van der Waals surface area contributed by atoms with Crippen LogP contribution in [0.3, 0.4) is 0 Å². The van der Waals surface area contributed by atoms with Crippen LogP contribution >= 0.6 is 0 Å². The highest BCUT2D eigenvalue weighted by molar-refractivity contribution is 5.44. The van der Waals surface area contributed by atoms with Crippen molar-refractivity contribution < 1.29 is 40.6 Å². The van der Waals surface area contributed by atoms with Gasteiger partial charge in [-0.15, -0.1) is 0 Å². The Balaban J connectivity index is 0.000000412. The van der Waals surface area contributed by atoms with Crippen LogP contribution in [0.4, 0.5) is 26.3 Å². The van der Waals surface area contributed by atoms with Gasteiger partial charge >= 0.3 is 12.4 Å². The third-order valence-corrected chi connectivity index (χ3v) is 4.36. The van der Waals surface area contributed by atoms with Crippen molar-refractivity contribution in [3.63, 3.8) is 0 Å². The quantitative estimate of drug-likeness (QED) is 0.276. The Kier molecular flexibility index (Phi) is 11.5. The summed E-state index contributed by atoms with van der Waals surface area (Å²) in [5, 5.41) is 0. The van der Waals surface area contributed by atoms with Gasteiger partial charge in [0, 0.05) is 19.0 Å². The van der Waals surface area contributed by atoms with Gasteiger partial charge in [-0.1, -0.05) is 26.7 Å². The lowest BCUT2D eigenvalue weighted by Gasteiger charge is -2.21. The molecule has 0 aliphatic heterocycles. The van der Waals surface area contributed by atoms with Gasteiger partial charge in [0.1, 0.15) is 0 Å². The Morgan fingerprint density at radius 2 is 1.42 bits per heavy atom. The Morgan fingerprint density at radius 1 is 0.848 bits per heavy atom. The summed E-state index contributed by atoms with van der Waals surface area (Å²) in [5.41, 5.74) is -0.894. The van der Waals surface area contributed by atoms with E-state index in [1.807, 2.05) is 13.8 Å². The second kappa shape index (κ2) is 13.3. The average Bonchev–Trinajstić information content (AvgIpc) is 2.72. The molecule has 186 valence electrons. The number of benzene rings is 1. The molecule has 2 rings (SSSR count). The van der Waals surface area contributed by atoms with E-state index in [0.29, 0.717) is 11.4 Å². The Bertz CT molecular complexity index is 816. The first-order valence-electron chi connectivity index (χ1n) is 10.4. The number of aryl methyl sites for hydroxylation is 1. The first-order valence-corrected chi connectivity index (χ1v) is 10.4. The van der Waals surface area contributed by atoms with Crippen molar-refractivity contribution in [1.29, 1.82) is 0 Å². The fraction of sp³-hybridized carbons (Fsp3) is 0.522. The van der Waals surface area contributed by atoms with Crippen LogP contribution in [0.15, 0.2) is 36.5 Å². The maximum atomic E-state index is 12.8. The predicted octanol–water partition coefficient (Wildman–Crippen LogP) is 7.44. The van der Waals surface area contributed by atoms with Crippen LogP contribution in [0.2, 0.25) is 0 Å². The summed E-state index contributed by atoms with van der Waals surface area (Å²) in [6.07, 6.45) is -4.32. The first kappa shape index (κ1) is 28.5. The standard InChI is InChI=1S/C16H23F3O3.C7H6F3N/c1-4-6-13(7-5-2)22-14-9-8-12(16(17,18)19)10-15(14)21-11-20-3;1-5-2-3-6(4-11-5)7(8,9)10/h8-10,13H,4-7,11H2,1-3H3;2-4H,1H3. The fourth-order valence-corrected chi connectivity index (χ4v) is 2.74. The molecule has 0 aliphatic rings. The fourth-order valence-electron chi connectivity index (χ4n) is 2.74. The molecule has 0 bridgehead atoms. The van der Waals surface area contributed by atoms with Crippen molar-refractivity contribution in [2.24, 2.45) is 0 Å². The number of ether oxygens (including phenoxy) is 3. The summed E-state index contributed by atoms with van der Waals surface area (Å²) < 4.78 is 89.9. The topological polar surface area (TPSA) is 40.6 Å². The molecular formula is C23H29F6NO3. The smallest absolute Gasteiger partial charge is 0.417 e. The number of hydrogen-bond acceptors (Lipinski definition) is 4. The number of hydrogen-bond donors (Lipinski definition) is 0. The van der Waals surface area contributed by atoms with Gasteiger partial charge in [-0.3, -0.25) is 4.98 Å². The largest absolute Gasteiger partial charge is 0.487 e. The van der Waals surface area contributed by atoms with E-state index in [4.69, 9.17) is 14.2 Å². The van der Waals surface area contributed by atoms with E-state index in [1.165, 1.54) is 19.2 Å². The van der Waals surface area contributed by atoms with Crippen molar-refractivity contribution >= 4 is 0 Å². The van der Waals surface area contributed by atoms with E-state index in [1.54, 1.807) is 6.92 Å². The van der Waals surface area contributed by atoms with E-state index >= 15 is 0 Å². The Hall–Kier alpha value is -2.49. The predicted molar refractivity (Wildman–Crippen MR) is 112 cm³/mol. The van der Waals surface area contributed by atoms with E-state index in [9.17, 15) is 26.3 Å². The molecule has 0 saturated heterocycles. The second-order valence-corrected chi connectivity index (χ2v) is 7.21. The summed E-state index contributed by atoms with van der Waals surface area (Å²) in [7, 11) is 1.41. The highest BCUT2D eigenvalue weighted by Gasteiger charge is 2.32. The summed E-state index contributed by atoms with van der Waals surface area (Å²) >= 11 is 0. The molecule has 2 aromatic rings. The van der Waals surface area contributed by atoms with Gasteiger partial charge in [-0.05, 0) is 50.1 Å². The van der Waals surface area contributed by atoms with Crippen LogP contribution in [0.1, 0.15) is 56.4 Å². The summed E-state index contributed by atoms with van der Waals surface area (Å²) in [6, 6.07) is 5.62. The zero-order valence-corrected chi connectivity index (χ0v) is 19.0. The Labute approximate surface area is 189 Å². The van der Waals surface area contributed by atoms with Crippen LogP contribution in [0.25, 0.3) is 0 Å². The molecule has 1 aromatic heterocycles. The normalized spacial score (nSPS) is 11.7. The highest BCUT2D eigenvalue weighted by Crippen LogP contribution is 2.37. The molecule has 4 nitrogen and oxygen atoms in total. The van der Waals surface area contributed by atoms with E-state index in [0.717, 1.165) is 50.1 Å². The van der Waals surface area contributed by atoms with Crippen molar-refractivity contribution in [3.05, 3.63) is 53.3 Å². The summed E-state index contributed by atoms with van der Waals surface area (Å²) in [6.45, 7) is 5.59. The highest BCUT2D eigenvalue weighted by atomic mass is 19.4. The van der Waals surface area contributed by atoms with Crippen LogP contribution in [0.5, 0.6) is 11.5 Å². The maximum absolute atomic E-state index is 12.8. The summed E-state index contributed by atoms with van der Waals surface area (Å²) in [5.74, 6) is 0.367. The number of halogens is 6. The van der Waals surface area contributed by atoms with Gasteiger partial charge in [0.2, 0.25) is 0 Å². The molecule has 0 atom stereocenters. The zero-order chi connectivity index (χ0) is 25.1. The van der Waals surface area contributed by atoms with Gasteiger partial charge in [0.15, 0.2) is 18.3 Å². The molecule has 33 heavy (non-hydrogen) atoms. The van der Waals surface area contributed by atoms with Crippen molar-refractivity contribution in [2.75, 3.05) is 13.9 Å². The van der Waals surface area contributed by atoms with Crippen LogP contribution in [-0.4, -0.2) is 25.0 Å². The minimum atomic E-state index is -4.42. The molecular weight excluding hydrogens is 452 g/mol. The zero-order valence-electron chi connectivity index (χ0n) is 19.0. The van der Waals surface area contributed by atoms with Crippen LogP contribution < -0.4 is 9.47 Å².